The minimum atomic E-state index is -0.0934. The van der Waals surface area contributed by atoms with Crippen LogP contribution in [0.2, 0.25) is 0 Å². The molecule has 0 rings (SSSR count). The van der Waals surface area contributed by atoms with Crippen LogP contribution < -0.4 is 0 Å². The number of ether oxygens (including phenoxy) is 2. The van der Waals surface area contributed by atoms with Gasteiger partial charge in [0.1, 0.15) is 0 Å². The monoisotopic (exact) mass is 328 g/mol. The van der Waals surface area contributed by atoms with E-state index in [1.54, 1.807) is 0 Å². The number of esters is 2. The van der Waals surface area contributed by atoms with Gasteiger partial charge in [-0.25, -0.2) is 0 Å². The van der Waals surface area contributed by atoms with Crippen LogP contribution in [-0.2, 0) is 19.1 Å². The molecule has 0 aromatic rings. The number of rotatable bonds is 15. The molecule has 136 valence electrons. The molecule has 0 aromatic heterocycles. The molecule has 0 N–H and O–H groups in total. The summed E-state index contributed by atoms with van der Waals surface area (Å²) in [6.45, 7) is 2.12. The lowest BCUT2D eigenvalue weighted by atomic mass is 9.99. The average Bonchev–Trinajstić information content (AvgIpc) is 2.55. The molecular weight excluding hydrogens is 292 g/mol. The summed E-state index contributed by atoms with van der Waals surface area (Å²) in [5.74, 6) is 0.252. The molecule has 0 bridgehead atoms. The van der Waals surface area contributed by atoms with Crippen LogP contribution in [0, 0.1) is 5.92 Å². The SMILES string of the molecule is COC(=O)CCCCCCCCCCCC[C@H](C)CC(=O)OC. The van der Waals surface area contributed by atoms with Crippen molar-refractivity contribution >= 4 is 11.9 Å². The highest BCUT2D eigenvalue weighted by Gasteiger charge is 2.08. The second-order valence-corrected chi connectivity index (χ2v) is 6.54. The van der Waals surface area contributed by atoms with Crippen molar-refractivity contribution in [3.05, 3.63) is 0 Å². The predicted octanol–water partition coefficient (Wildman–Crippen LogP) is 5.04. The molecule has 0 radical (unpaired) electrons. The normalized spacial score (nSPS) is 12.0. The first-order valence-corrected chi connectivity index (χ1v) is 9.23. The van der Waals surface area contributed by atoms with Gasteiger partial charge in [0, 0.05) is 12.8 Å². The average molecular weight is 328 g/mol. The molecule has 0 saturated heterocycles. The van der Waals surface area contributed by atoms with Crippen LogP contribution in [0.1, 0.15) is 90.4 Å². The minimum Gasteiger partial charge on any atom is -0.469 e. The van der Waals surface area contributed by atoms with E-state index in [9.17, 15) is 9.59 Å². The molecule has 0 unspecified atom stereocenters. The van der Waals surface area contributed by atoms with Gasteiger partial charge in [-0.05, 0) is 12.3 Å². The van der Waals surface area contributed by atoms with E-state index in [1.165, 1.54) is 65.6 Å². The van der Waals surface area contributed by atoms with Gasteiger partial charge in [0.25, 0.3) is 0 Å². The van der Waals surface area contributed by atoms with Crippen LogP contribution in [0.15, 0.2) is 0 Å². The molecule has 4 heteroatoms. The summed E-state index contributed by atoms with van der Waals surface area (Å²) in [7, 11) is 2.90. The van der Waals surface area contributed by atoms with E-state index in [-0.39, 0.29) is 11.9 Å². The van der Waals surface area contributed by atoms with Crippen molar-refractivity contribution in [3.8, 4) is 0 Å². The molecule has 0 aromatic carbocycles. The largest absolute Gasteiger partial charge is 0.469 e. The standard InChI is InChI=1S/C19H36O4/c1-17(16-19(21)23-3)14-12-10-8-6-4-5-7-9-11-13-15-18(20)22-2/h17H,4-16H2,1-3H3/t17-/m0/s1. The summed E-state index contributed by atoms with van der Waals surface area (Å²) < 4.78 is 9.30. The van der Waals surface area contributed by atoms with Crippen LogP contribution in [0.5, 0.6) is 0 Å². The van der Waals surface area contributed by atoms with Gasteiger partial charge in [0.05, 0.1) is 14.2 Å². The molecule has 0 aliphatic rings. The highest BCUT2D eigenvalue weighted by atomic mass is 16.5. The zero-order valence-electron chi connectivity index (χ0n) is 15.4. The van der Waals surface area contributed by atoms with E-state index in [1.807, 2.05) is 0 Å². The Balaban J connectivity index is 3.19. The second-order valence-electron chi connectivity index (χ2n) is 6.54. The Morgan fingerprint density at radius 2 is 1.13 bits per heavy atom. The molecular formula is C19H36O4. The lowest BCUT2D eigenvalue weighted by Gasteiger charge is -2.09. The van der Waals surface area contributed by atoms with E-state index in [0.717, 1.165) is 19.3 Å². The fraction of sp³-hybridized carbons (Fsp3) is 0.895. The number of carbonyl (C=O) groups is 2. The third-order valence-electron chi connectivity index (χ3n) is 4.30. The first-order chi connectivity index (χ1) is 11.1. The lowest BCUT2D eigenvalue weighted by molar-refractivity contribution is -0.142. The van der Waals surface area contributed by atoms with Crippen molar-refractivity contribution in [2.45, 2.75) is 90.4 Å². The summed E-state index contributed by atoms with van der Waals surface area (Å²) in [5, 5.41) is 0. The van der Waals surface area contributed by atoms with Gasteiger partial charge in [-0.2, -0.15) is 0 Å². The Bertz CT molecular complexity index is 302. The number of hydrogen-bond donors (Lipinski definition) is 0. The summed E-state index contributed by atoms with van der Waals surface area (Å²) >= 11 is 0. The molecule has 23 heavy (non-hydrogen) atoms. The van der Waals surface area contributed by atoms with Gasteiger partial charge in [0.15, 0.2) is 0 Å². The summed E-state index contributed by atoms with van der Waals surface area (Å²) in [5.41, 5.74) is 0. The number of unbranched alkanes of at least 4 members (excludes halogenated alkanes) is 9. The second kappa shape index (κ2) is 15.8. The molecule has 4 nitrogen and oxygen atoms in total. The number of methoxy groups -OCH3 is 2. The smallest absolute Gasteiger partial charge is 0.305 e. The Labute approximate surface area is 142 Å². The van der Waals surface area contributed by atoms with Crippen molar-refractivity contribution in [1.29, 1.82) is 0 Å². The fourth-order valence-electron chi connectivity index (χ4n) is 2.75. The van der Waals surface area contributed by atoms with E-state index >= 15 is 0 Å². The summed E-state index contributed by atoms with van der Waals surface area (Å²) in [6.07, 6.45) is 14.5. The third-order valence-corrected chi connectivity index (χ3v) is 4.30. The molecule has 0 heterocycles. The Morgan fingerprint density at radius 3 is 1.61 bits per heavy atom. The van der Waals surface area contributed by atoms with Crippen LogP contribution in [0.3, 0.4) is 0 Å². The topological polar surface area (TPSA) is 52.6 Å². The van der Waals surface area contributed by atoms with Gasteiger partial charge >= 0.3 is 11.9 Å². The minimum absolute atomic E-state index is 0.0918. The first-order valence-electron chi connectivity index (χ1n) is 9.23. The predicted molar refractivity (Wildman–Crippen MR) is 93.2 cm³/mol. The van der Waals surface area contributed by atoms with Crippen molar-refractivity contribution in [2.24, 2.45) is 5.92 Å². The van der Waals surface area contributed by atoms with Crippen LogP contribution in [-0.4, -0.2) is 26.2 Å². The Hall–Kier alpha value is -1.06. The molecule has 0 aliphatic heterocycles. The number of carbonyl (C=O) groups excluding carboxylic acids is 2. The van der Waals surface area contributed by atoms with Crippen molar-refractivity contribution in [2.75, 3.05) is 14.2 Å². The van der Waals surface area contributed by atoms with Crippen molar-refractivity contribution in [3.63, 3.8) is 0 Å². The van der Waals surface area contributed by atoms with Gasteiger partial charge in [-0.3, -0.25) is 9.59 Å². The molecule has 0 saturated carbocycles. The molecule has 0 spiro atoms. The summed E-state index contributed by atoms with van der Waals surface area (Å²) in [4.78, 5) is 22.1. The van der Waals surface area contributed by atoms with Gasteiger partial charge < -0.3 is 9.47 Å². The quantitative estimate of drug-likeness (QED) is 0.312. The van der Waals surface area contributed by atoms with Crippen molar-refractivity contribution < 1.29 is 19.1 Å². The van der Waals surface area contributed by atoms with Gasteiger partial charge in [0.2, 0.25) is 0 Å². The molecule has 0 fully saturated rings. The zero-order valence-corrected chi connectivity index (χ0v) is 15.4. The van der Waals surface area contributed by atoms with Gasteiger partial charge in [-0.15, -0.1) is 0 Å². The molecule has 0 amide bonds. The fourth-order valence-corrected chi connectivity index (χ4v) is 2.75. The van der Waals surface area contributed by atoms with Gasteiger partial charge in [-0.1, -0.05) is 71.1 Å². The Morgan fingerprint density at radius 1 is 0.696 bits per heavy atom. The molecule has 0 aliphatic carbocycles. The first kappa shape index (κ1) is 21.9. The number of hydrogen-bond acceptors (Lipinski definition) is 4. The third kappa shape index (κ3) is 15.6. The van der Waals surface area contributed by atoms with Crippen LogP contribution >= 0.6 is 0 Å². The molecule has 1 atom stereocenters. The maximum Gasteiger partial charge on any atom is 0.305 e. The highest BCUT2D eigenvalue weighted by Crippen LogP contribution is 2.16. The van der Waals surface area contributed by atoms with Crippen molar-refractivity contribution in [1.82, 2.24) is 0 Å². The van der Waals surface area contributed by atoms with Crippen LogP contribution in [0.25, 0.3) is 0 Å². The lowest BCUT2D eigenvalue weighted by Crippen LogP contribution is -2.06. The maximum atomic E-state index is 11.1. The Kier molecular flexibility index (Phi) is 15.1. The summed E-state index contributed by atoms with van der Waals surface area (Å²) in [6, 6.07) is 0. The zero-order chi connectivity index (χ0) is 17.3. The van der Waals surface area contributed by atoms with Crippen LogP contribution in [0.4, 0.5) is 0 Å². The van der Waals surface area contributed by atoms with E-state index in [4.69, 9.17) is 0 Å². The highest BCUT2D eigenvalue weighted by molar-refractivity contribution is 5.69. The van der Waals surface area contributed by atoms with E-state index < -0.39 is 0 Å². The maximum absolute atomic E-state index is 11.1. The van der Waals surface area contributed by atoms with E-state index in [0.29, 0.717) is 18.8 Å². The van der Waals surface area contributed by atoms with E-state index in [2.05, 4.69) is 16.4 Å².